The first kappa shape index (κ1) is 15.0. The highest BCUT2D eigenvalue weighted by atomic mass is 32.1. The Labute approximate surface area is 134 Å². The van der Waals surface area contributed by atoms with Crippen LogP contribution in [0.5, 0.6) is 5.75 Å². The van der Waals surface area contributed by atoms with Gasteiger partial charge in [0.1, 0.15) is 11.4 Å². The topological polar surface area (TPSA) is 55.3 Å². The highest BCUT2D eigenvalue weighted by molar-refractivity contribution is 7.07. The van der Waals surface area contributed by atoms with Crippen LogP contribution >= 0.6 is 11.3 Å². The molecule has 1 aliphatic rings. The molecular formula is C16H19N3O2S. The van der Waals surface area contributed by atoms with Crippen molar-refractivity contribution in [2.45, 2.75) is 19.8 Å². The Kier molecular flexibility index (Phi) is 4.68. The molecule has 0 N–H and O–H groups in total. The van der Waals surface area contributed by atoms with Gasteiger partial charge in [-0.05, 0) is 31.7 Å². The van der Waals surface area contributed by atoms with E-state index >= 15 is 0 Å². The summed E-state index contributed by atoms with van der Waals surface area (Å²) in [7, 11) is 0. The Morgan fingerprint density at radius 3 is 2.95 bits per heavy atom. The Hall–Kier alpha value is -1.95. The minimum absolute atomic E-state index is 0.0468. The lowest BCUT2D eigenvalue weighted by Gasteiger charge is -2.31. The molecule has 2 aromatic heterocycles. The number of likely N-dealkylation sites (tertiary alicyclic amines) is 1. The first-order chi connectivity index (χ1) is 10.7. The lowest BCUT2D eigenvalue weighted by Crippen LogP contribution is -2.39. The van der Waals surface area contributed by atoms with Crippen molar-refractivity contribution in [2.24, 2.45) is 5.92 Å². The largest absolute Gasteiger partial charge is 0.493 e. The van der Waals surface area contributed by atoms with Crippen molar-refractivity contribution in [3.63, 3.8) is 0 Å². The molecule has 0 spiro atoms. The van der Waals surface area contributed by atoms with Crippen LogP contribution in [0.25, 0.3) is 0 Å². The third-order valence-corrected chi connectivity index (χ3v) is 4.58. The fourth-order valence-corrected chi connectivity index (χ4v) is 3.14. The van der Waals surface area contributed by atoms with E-state index in [4.69, 9.17) is 4.74 Å². The molecule has 0 radical (unpaired) electrons. The molecule has 1 amide bonds. The van der Waals surface area contributed by atoms with E-state index in [1.807, 2.05) is 29.5 Å². The number of aromatic nitrogens is 2. The van der Waals surface area contributed by atoms with Gasteiger partial charge in [0.05, 0.1) is 12.1 Å². The molecule has 116 valence electrons. The predicted octanol–water partition coefficient (Wildman–Crippen LogP) is 2.78. The van der Waals surface area contributed by atoms with E-state index in [-0.39, 0.29) is 5.91 Å². The summed E-state index contributed by atoms with van der Waals surface area (Å²) in [5.74, 6) is 1.44. The molecule has 22 heavy (non-hydrogen) atoms. The monoisotopic (exact) mass is 317 g/mol. The van der Waals surface area contributed by atoms with Crippen molar-refractivity contribution in [3.8, 4) is 5.75 Å². The van der Waals surface area contributed by atoms with Gasteiger partial charge in [-0.1, -0.05) is 0 Å². The predicted molar refractivity (Wildman–Crippen MR) is 85.2 cm³/mol. The number of carbonyl (C=O) groups excluding carboxylic acids is 1. The van der Waals surface area contributed by atoms with Gasteiger partial charge in [0, 0.05) is 36.4 Å². The Morgan fingerprint density at radius 1 is 1.45 bits per heavy atom. The number of ether oxygens (including phenoxy) is 1. The second-order valence-electron chi connectivity index (χ2n) is 5.56. The van der Waals surface area contributed by atoms with Crippen molar-refractivity contribution in [1.29, 1.82) is 0 Å². The molecule has 0 atom stereocenters. The number of nitrogens with zero attached hydrogens (tertiary/aromatic N) is 3. The fraction of sp³-hybridized carbons (Fsp3) is 0.438. The molecular weight excluding hydrogens is 298 g/mol. The van der Waals surface area contributed by atoms with Crippen molar-refractivity contribution in [1.82, 2.24) is 14.9 Å². The summed E-state index contributed by atoms with van der Waals surface area (Å²) in [6.07, 6.45) is 5.50. The van der Waals surface area contributed by atoms with Gasteiger partial charge in [0.15, 0.2) is 0 Å². The van der Waals surface area contributed by atoms with Crippen LogP contribution in [-0.4, -0.2) is 40.5 Å². The average molecular weight is 317 g/mol. The molecule has 0 aromatic carbocycles. The summed E-state index contributed by atoms with van der Waals surface area (Å²) in [5.41, 5.74) is 3.32. The molecule has 1 aliphatic heterocycles. The summed E-state index contributed by atoms with van der Waals surface area (Å²) < 4.78 is 5.89. The second-order valence-corrected chi connectivity index (χ2v) is 6.28. The van der Waals surface area contributed by atoms with E-state index in [1.165, 1.54) is 11.3 Å². The first-order valence-corrected chi connectivity index (χ1v) is 8.39. The number of hydrogen-bond acceptors (Lipinski definition) is 5. The first-order valence-electron chi connectivity index (χ1n) is 7.45. The lowest BCUT2D eigenvalue weighted by molar-refractivity contribution is 0.0656. The number of thiazole rings is 1. The number of piperidine rings is 1. The zero-order chi connectivity index (χ0) is 15.4. The summed E-state index contributed by atoms with van der Waals surface area (Å²) in [6, 6.07) is 1.90. The molecule has 0 unspecified atom stereocenters. The standard InChI is InChI=1S/C16H19N3O2S/c1-12-8-17-5-2-15(12)21-9-13-3-6-19(7-4-13)16(20)14-10-22-11-18-14/h2,5,8,10-11,13H,3-4,6-7,9H2,1H3. The van der Waals surface area contributed by atoms with Crippen LogP contribution < -0.4 is 4.74 Å². The van der Waals surface area contributed by atoms with Crippen LogP contribution in [0.3, 0.4) is 0 Å². The fourth-order valence-electron chi connectivity index (χ4n) is 2.61. The molecule has 1 fully saturated rings. The number of carbonyl (C=O) groups is 1. The van der Waals surface area contributed by atoms with Gasteiger partial charge in [-0.25, -0.2) is 4.98 Å². The van der Waals surface area contributed by atoms with E-state index in [2.05, 4.69) is 9.97 Å². The molecule has 5 nitrogen and oxygen atoms in total. The Balaban J connectivity index is 1.48. The molecule has 0 saturated carbocycles. The van der Waals surface area contributed by atoms with Gasteiger partial charge in [-0.3, -0.25) is 9.78 Å². The smallest absolute Gasteiger partial charge is 0.273 e. The van der Waals surface area contributed by atoms with Gasteiger partial charge in [-0.15, -0.1) is 11.3 Å². The SMILES string of the molecule is Cc1cnccc1OCC1CCN(C(=O)c2cscn2)CC1. The molecule has 6 heteroatoms. The number of aryl methyl sites for hydroxylation is 1. The minimum Gasteiger partial charge on any atom is -0.493 e. The minimum atomic E-state index is 0.0468. The van der Waals surface area contributed by atoms with Crippen molar-refractivity contribution in [2.75, 3.05) is 19.7 Å². The van der Waals surface area contributed by atoms with Gasteiger partial charge < -0.3 is 9.64 Å². The summed E-state index contributed by atoms with van der Waals surface area (Å²) >= 11 is 1.46. The van der Waals surface area contributed by atoms with E-state index < -0.39 is 0 Å². The Morgan fingerprint density at radius 2 is 2.27 bits per heavy atom. The van der Waals surface area contributed by atoms with Crippen LogP contribution in [0.15, 0.2) is 29.4 Å². The van der Waals surface area contributed by atoms with Crippen molar-refractivity contribution >= 4 is 17.2 Å². The van der Waals surface area contributed by atoms with Crippen molar-refractivity contribution in [3.05, 3.63) is 40.6 Å². The van der Waals surface area contributed by atoms with Crippen LogP contribution in [0.2, 0.25) is 0 Å². The molecule has 3 rings (SSSR count). The Bertz CT molecular complexity index is 622. The van der Waals surface area contributed by atoms with E-state index in [1.54, 1.807) is 11.7 Å². The molecule has 0 aliphatic carbocycles. The molecule has 1 saturated heterocycles. The normalized spacial score (nSPS) is 15.8. The van der Waals surface area contributed by atoms with Crippen LogP contribution in [0.4, 0.5) is 0 Å². The maximum absolute atomic E-state index is 12.2. The summed E-state index contributed by atoms with van der Waals surface area (Å²) in [6.45, 7) is 4.25. The molecule has 2 aromatic rings. The number of rotatable bonds is 4. The number of hydrogen-bond donors (Lipinski definition) is 0. The molecule has 0 bridgehead atoms. The highest BCUT2D eigenvalue weighted by Gasteiger charge is 2.24. The summed E-state index contributed by atoms with van der Waals surface area (Å²) in [5, 5.41) is 1.81. The van der Waals surface area contributed by atoms with Crippen molar-refractivity contribution < 1.29 is 9.53 Å². The lowest BCUT2D eigenvalue weighted by atomic mass is 9.97. The van der Waals surface area contributed by atoms with E-state index in [0.29, 0.717) is 18.2 Å². The van der Waals surface area contributed by atoms with Gasteiger partial charge in [-0.2, -0.15) is 0 Å². The average Bonchev–Trinajstić information content (AvgIpc) is 3.08. The van der Waals surface area contributed by atoms with E-state index in [0.717, 1.165) is 37.2 Å². The summed E-state index contributed by atoms with van der Waals surface area (Å²) in [4.78, 5) is 22.3. The number of pyridine rings is 1. The zero-order valence-corrected chi connectivity index (χ0v) is 13.4. The highest BCUT2D eigenvalue weighted by Crippen LogP contribution is 2.22. The third kappa shape index (κ3) is 3.44. The number of amides is 1. The maximum Gasteiger partial charge on any atom is 0.273 e. The quantitative estimate of drug-likeness (QED) is 0.870. The second kappa shape index (κ2) is 6.87. The van der Waals surface area contributed by atoms with E-state index in [9.17, 15) is 4.79 Å². The third-order valence-electron chi connectivity index (χ3n) is 4.00. The maximum atomic E-state index is 12.2. The van der Waals surface area contributed by atoms with Gasteiger partial charge in [0.2, 0.25) is 0 Å². The zero-order valence-electron chi connectivity index (χ0n) is 12.6. The molecule has 3 heterocycles. The van der Waals surface area contributed by atoms with Gasteiger partial charge in [0.25, 0.3) is 5.91 Å². The van der Waals surface area contributed by atoms with Crippen LogP contribution in [-0.2, 0) is 0 Å². The van der Waals surface area contributed by atoms with Gasteiger partial charge >= 0.3 is 0 Å². The van der Waals surface area contributed by atoms with Crippen LogP contribution in [0.1, 0.15) is 28.9 Å². The van der Waals surface area contributed by atoms with Crippen LogP contribution in [0, 0.1) is 12.8 Å².